The van der Waals surface area contributed by atoms with E-state index in [2.05, 4.69) is 0 Å². The zero-order valence-corrected chi connectivity index (χ0v) is 27.8. The third kappa shape index (κ3) is 22.7. The van der Waals surface area contributed by atoms with Crippen LogP contribution in [-0.4, -0.2) is 168 Å². The fourth-order valence-corrected chi connectivity index (χ4v) is 3.74. The maximum absolute atomic E-state index is 11.8. The van der Waals surface area contributed by atoms with Gasteiger partial charge in [0.2, 0.25) is 0 Å². The Labute approximate surface area is 282 Å². The number of rotatable bonds is 34. The molecule has 0 spiro atoms. The van der Waals surface area contributed by atoms with Gasteiger partial charge in [0, 0.05) is 12.2 Å². The Bertz CT molecular complexity index is 962. The molecule has 1 heterocycles. The van der Waals surface area contributed by atoms with Gasteiger partial charge < -0.3 is 52.1 Å². The summed E-state index contributed by atoms with van der Waals surface area (Å²) in [5.41, 5.74) is 0.519. The highest BCUT2D eigenvalue weighted by Gasteiger charge is 2.22. The monoisotopic (exact) mass is 685 g/mol. The van der Waals surface area contributed by atoms with E-state index in [9.17, 15) is 14.4 Å². The molecular weight excluding hydrogens is 634 g/mol. The average molecular weight is 686 g/mol. The van der Waals surface area contributed by atoms with E-state index in [0.29, 0.717) is 131 Å². The predicted molar refractivity (Wildman–Crippen MR) is 171 cm³/mol. The Morgan fingerprint density at radius 2 is 0.708 bits per heavy atom. The van der Waals surface area contributed by atoms with Crippen LogP contribution in [0, 0.1) is 0 Å². The number of benzene rings is 1. The van der Waals surface area contributed by atoms with Gasteiger partial charge in [-0.2, -0.15) is 0 Å². The second kappa shape index (κ2) is 30.2. The minimum atomic E-state index is -0.363. The van der Waals surface area contributed by atoms with Crippen LogP contribution in [-0.2, 0) is 61.7 Å². The number of carbonyl (C=O) groups is 3. The van der Waals surface area contributed by atoms with Crippen LogP contribution in [0.4, 0.5) is 0 Å². The summed E-state index contributed by atoms with van der Waals surface area (Å²) in [4.78, 5) is 35.7. The summed E-state index contributed by atoms with van der Waals surface area (Å²) < 4.78 is 59.4. The molecule has 0 N–H and O–H groups in total. The third-order valence-corrected chi connectivity index (χ3v) is 6.18. The second-order valence-corrected chi connectivity index (χ2v) is 9.79. The molecule has 2 rings (SSSR count). The fourth-order valence-electron chi connectivity index (χ4n) is 3.74. The van der Waals surface area contributed by atoms with Crippen LogP contribution in [0.5, 0.6) is 0 Å². The zero-order valence-electron chi connectivity index (χ0n) is 27.8. The molecule has 1 aliphatic heterocycles. The van der Waals surface area contributed by atoms with Crippen molar-refractivity contribution in [2.45, 2.75) is 0 Å². The molecule has 15 nitrogen and oxygen atoms in total. The smallest absolute Gasteiger partial charge is 0.338 e. The molecule has 1 aromatic carbocycles. The van der Waals surface area contributed by atoms with Crippen LogP contribution < -0.4 is 0 Å². The number of hydrogen-bond acceptors (Lipinski definition) is 14. The minimum absolute atomic E-state index is 0.194. The van der Waals surface area contributed by atoms with Gasteiger partial charge in [0.05, 0.1) is 144 Å². The molecule has 0 atom stereocenters. The predicted octanol–water partition coefficient (Wildman–Crippen LogP) is 0.934. The van der Waals surface area contributed by atoms with E-state index >= 15 is 0 Å². The van der Waals surface area contributed by atoms with Crippen molar-refractivity contribution in [2.75, 3.05) is 145 Å². The van der Waals surface area contributed by atoms with Gasteiger partial charge in [-0.15, -0.1) is 0 Å². The van der Waals surface area contributed by atoms with Crippen LogP contribution in [0.25, 0.3) is 0 Å². The lowest BCUT2D eigenvalue weighted by Gasteiger charge is -2.13. The zero-order chi connectivity index (χ0) is 34.2. The molecule has 1 aliphatic rings. The van der Waals surface area contributed by atoms with E-state index in [0.717, 1.165) is 4.90 Å². The molecule has 2 amide bonds. The van der Waals surface area contributed by atoms with Crippen LogP contribution in [0.3, 0.4) is 0 Å². The van der Waals surface area contributed by atoms with Gasteiger partial charge in [-0.3, -0.25) is 14.5 Å². The number of esters is 1. The highest BCUT2D eigenvalue weighted by Crippen LogP contribution is 2.02. The highest BCUT2D eigenvalue weighted by atomic mass is 16.6. The number of ether oxygens (including phenoxy) is 11. The molecule has 0 saturated heterocycles. The topological polar surface area (TPSA) is 156 Å². The fraction of sp³-hybridized carbons (Fsp3) is 0.667. The Kier molecular flexibility index (Phi) is 26.0. The van der Waals surface area contributed by atoms with Crippen molar-refractivity contribution in [1.29, 1.82) is 0 Å². The van der Waals surface area contributed by atoms with E-state index in [-0.39, 0.29) is 37.5 Å². The van der Waals surface area contributed by atoms with Crippen molar-refractivity contribution in [3.63, 3.8) is 0 Å². The summed E-state index contributed by atoms with van der Waals surface area (Å²) in [6, 6.07) is 8.83. The molecule has 0 radical (unpaired) electrons. The largest absolute Gasteiger partial charge is 0.460 e. The molecular formula is C33H51NO14. The van der Waals surface area contributed by atoms with Gasteiger partial charge in [-0.25, -0.2) is 4.79 Å². The molecule has 0 aliphatic carbocycles. The summed E-state index contributed by atoms with van der Waals surface area (Å²) in [6.07, 6.45) is 2.50. The first-order valence-corrected chi connectivity index (χ1v) is 16.2. The molecule has 1 aromatic rings. The standard InChI is InChI=1S/C33H51NO14/c35-31-6-7-32(36)34(31)8-9-38-10-11-39-12-13-40-14-15-41-16-17-42-18-19-43-20-21-44-22-23-45-24-25-46-26-27-47-28-29-48-33(37)30-4-2-1-3-5-30/h1-7H,8-29H2. The number of hydrogen-bond donors (Lipinski definition) is 0. The summed E-state index contributed by atoms with van der Waals surface area (Å²) in [7, 11) is 0. The first kappa shape index (κ1) is 41.3. The van der Waals surface area contributed by atoms with E-state index in [1.807, 2.05) is 6.07 Å². The molecule has 0 fully saturated rings. The third-order valence-electron chi connectivity index (χ3n) is 6.18. The van der Waals surface area contributed by atoms with Gasteiger partial charge >= 0.3 is 5.97 Å². The van der Waals surface area contributed by atoms with E-state index in [4.69, 9.17) is 52.1 Å². The van der Waals surface area contributed by atoms with Crippen molar-refractivity contribution in [3.05, 3.63) is 48.0 Å². The van der Waals surface area contributed by atoms with Crippen molar-refractivity contribution >= 4 is 17.8 Å². The SMILES string of the molecule is O=C(OCCOCCOCCOCCOCCOCCOCCOCCOCCOCCOCCN1C(=O)C=CC1=O)c1ccccc1. The Hall–Kier alpha value is -2.83. The second-order valence-electron chi connectivity index (χ2n) is 9.79. The Morgan fingerprint density at radius 3 is 1.04 bits per heavy atom. The summed E-state index contributed by atoms with van der Waals surface area (Å²) in [5.74, 6) is -0.983. The minimum Gasteiger partial charge on any atom is -0.460 e. The maximum Gasteiger partial charge on any atom is 0.338 e. The molecule has 0 aromatic heterocycles. The lowest BCUT2D eigenvalue weighted by Crippen LogP contribution is -2.33. The first-order chi connectivity index (χ1) is 23.7. The first-order valence-electron chi connectivity index (χ1n) is 16.2. The highest BCUT2D eigenvalue weighted by molar-refractivity contribution is 6.12. The quantitative estimate of drug-likeness (QED) is 0.0574. The van der Waals surface area contributed by atoms with Crippen LogP contribution in [0.2, 0.25) is 0 Å². The van der Waals surface area contributed by atoms with Gasteiger partial charge in [-0.05, 0) is 12.1 Å². The lowest BCUT2D eigenvalue weighted by molar-refractivity contribution is -0.137. The van der Waals surface area contributed by atoms with Crippen molar-refractivity contribution in [2.24, 2.45) is 0 Å². The molecule has 48 heavy (non-hydrogen) atoms. The molecule has 272 valence electrons. The Morgan fingerprint density at radius 1 is 0.417 bits per heavy atom. The maximum atomic E-state index is 11.8. The Balaban J connectivity index is 1.15. The van der Waals surface area contributed by atoms with Gasteiger partial charge in [0.25, 0.3) is 11.8 Å². The van der Waals surface area contributed by atoms with Gasteiger partial charge in [0.1, 0.15) is 6.61 Å². The molecule has 0 bridgehead atoms. The lowest BCUT2D eigenvalue weighted by atomic mass is 10.2. The number of carbonyl (C=O) groups excluding carboxylic acids is 3. The van der Waals surface area contributed by atoms with E-state index in [1.54, 1.807) is 24.3 Å². The number of amides is 2. The average Bonchev–Trinajstić information content (AvgIpc) is 3.43. The van der Waals surface area contributed by atoms with Crippen LogP contribution in [0.1, 0.15) is 10.4 Å². The van der Waals surface area contributed by atoms with Crippen LogP contribution in [0.15, 0.2) is 42.5 Å². The normalized spacial score (nSPS) is 12.8. The summed E-state index contributed by atoms with van der Waals surface area (Å²) in [5, 5.41) is 0. The molecule has 15 heteroatoms. The number of imide groups is 1. The van der Waals surface area contributed by atoms with Gasteiger partial charge in [0.15, 0.2) is 0 Å². The number of nitrogens with zero attached hydrogens (tertiary/aromatic N) is 1. The van der Waals surface area contributed by atoms with Crippen LogP contribution >= 0.6 is 0 Å². The summed E-state index contributed by atoms with van der Waals surface area (Å²) >= 11 is 0. The van der Waals surface area contributed by atoms with Crippen molar-refractivity contribution in [1.82, 2.24) is 4.90 Å². The van der Waals surface area contributed by atoms with Crippen molar-refractivity contribution in [3.8, 4) is 0 Å². The molecule has 0 unspecified atom stereocenters. The van der Waals surface area contributed by atoms with E-state index < -0.39 is 0 Å². The summed E-state index contributed by atoms with van der Waals surface area (Å²) in [6.45, 7) is 9.16. The van der Waals surface area contributed by atoms with Gasteiger partial charge in [-0.1, -0.05) is 18.2 Å². The van der Waals surface area contributed by atoms with E-state index in [1.165, 1.54) is 12.2 Å². The molecule has 0 saturated carbocycles. The van der Waals surface area contributed by atoms with Crippen molar-refractivity contribution < 1.29 is 66.5 Å².